The van der Waals surface area contributed by atoms with Gasteiger partial charge < -0.3 is 29.0 Å². The van der Waals surface area contributed by atoms with E-state index in [1.807, 2.05) is 0 Å². The third-order valence-corrected chi connectivity index (χ3v) is 7.87. The minimum Gasteiger partial charge on any atom is -0.366 e. The van der Waals surface area contributed by atoms with Crippen LogP contribution in [0.1, 0.15) is 18.2 Å². The van der Waals surface area contributed by atoms with Crippen molar-refractivity contribution in [1.29, 1.82) is 0 Å². The van der Waals surface area contributed by atoms with Crippen LogP contribution in [0.3, 0.4) is 0 Å². The summed E-state index contributed by atoms with van der Waals surface area (Å²) in [7, 11) is -16.2. The summed E-state index contributed by atoms with van der Waals surface area (Å²) in [6.45, 7) is 0.935. The van der Waals surface area contributed by atoms with Crippen LogP contribution in [0.2, 0.25) is 0 Å². The smallest absolute Gasteiger partial charge is 0.366 e. The number of nitrogens with one attached hydrogen (secondary N) is 1. The molecule has 0 amide bonds. The quantitative estimate of drug-likeness (QED) is 0.119. The SMILES string of the molecule is Cc1cn([C@H]2C[C@H](N=[N+]=[N-])[C@@H](COCP(=O)(O)OP(=O)(O)OP(=O)(O)O)O2)c(=O)[nH]c1=O. The van der Waals surface area contributed by atoms with Crippen molar-refractivity contribution in [1.82, 2.24) is 9.55 Å². The van der Waals surface area contributed by atoms with Gasteiger partial charge in [-0.25, -0.2) is 18.2 Å². The molecule has 5 N–H and O–H groups in total. The molecule has 5 atom stereocenters. The van der Waals surface area contributed by atoms with Crippen molar-refractivity contribution in [3.05, 3.63) is 43.0 Å². The number of aryl methyl sites for hydroxylation is 1. The van der Waals surface area contributed by atoms with Gasteiger partial charge in [0.1, 0.15) is 12.6 Å². The number of aromatic amines is 1. The van der Waals surface area contributed by atoms with Crippen molar-refractivity contribution in [2.45, 2.75) is 31.7 Å². The number of rotatable bonds is 10. The van der Waals surface area contributed by atoms with Crippen molar-refractivity contribution in [3.63, 3.8) is 0 Å². The molecule has 1 aliphatic rings. The maximum absolute atomic E-state index is 12.0. The lowest BCUT2D eigenvalue weighted by atomic mass is 10.1. The van der Waals surface area contributed by atoms with E-state index in [0.29, 0.717) is 0 Å². The van der Waals surface area contributed by atoms with Gasteiger partial charge in [-0.1, -0.05) is 5.11 Å². The summed E-state index contributed by atoms with van der Waals surface area (Å²) in [6.07, 6.45) is -2.03. The monoisotopic (exact) mass is 521 g/mol. The van der Waals surface area contributed by atoms with E-state index in [4.69, 9.17) is 29.7 Å². The first-order valence-corrected chi connectivity index (χ1v) is 13.1. The number of nitrogens with zero attached hydrogens (tertiary/aromatic N) is 4. The summed E-state index contributed by atoms with van der Waals surface area (Å²) < 4.78 is 52.6. The first kappa shape index (κ1) is 26.6. The Morgan fingerprint density at radius 3 is 2.53 bits per heavy atom. The zero-order valence-electron chi connectivity index (χ0n) is 16.0. The molecule has 1 aromatic heterocycles. The number of hydrogen-bond acceptors (Lipinski definition) is 10. The van der Waals surface area contributed by atoms with E-state index >= 15 is 0 Å². The molecule has 21 heteroatoms. The van der Waals surface area contributed by atoms with Gasteiger partial charge in [-0.05, 0) is 12.5 Å². The van der Waals surface area contributed by atoms with Crippen LogP contribution in [0.15, 0.2) is 20.9 Å². The molecule has 1 aliphatic heterocycles. The average Bonchev–Trinajstić information content (AvgIpc) is 2.97. The fourth-order valence-corrected chi connectivity index (χ4v) is 5.92. The number of H-pyrrole nitrogens is 1. The highest BCUT2D eigenvalue weighted by Crippen LogP contribution is 2.65. The van der Waals surface area contributed by atoms with Gasteiger partial charge in [0, 0.05) is 23.1 Å². The third-order valence-electron chi connectivity index (χ3n) is 3.84. The topological polar surface area (TPSA) is 273 Å². The Labute approximate surface area is 177 Å². The van der Waals surface area contributed by atoms with Crippen molar-refractivity contribution in [3.8, 4) is 0 Å². The number of phosphoric acid groups is 2. The minimum absolute atomic E-state index is 0.0151. The molecular weight excluding hydrogens is 503 g/mol. The number of ether oxygens (including phenoxy) is 2. The third kappa shape index (κ3) is 7.74. The molecule has 2 heterocycles. The van der Waals surface area contributed by atoms with E-state index in [0.717, 1.165) is 4.57 Å². The number of hydrogen-bond donors (Lipinski definition) is 5. The Hall–Kier alpha value is -1.64. The van der Waals surface area contributed by atoms with Crippen molar-refractivity contribution >= 4 is 23.2 Å². The van der Waals surface area contributed by atoms with E-state index in [-0.39, 0.29) is 12.0 Å². The molecule has 0 radical (unpaired) electrons. The van der Waals surface area contributed by atoms with E-state index in [1.54, 1.807) is 0 Å². The van der Waals surface area contributed by atoms with Gasteiger partial charge in [-0.3, -0.25) is 18.9 Å². The van der Waals surface area contributed by atoms with Crippen LogP contribution < -0.4 is 11.2 Å². The normalized spacial score (nSPS) is 25.0. The second-order valence-electron chi connectivity index (χ2n) is 6.38. The highest BCUT2D eigenvalue weighted by atomic mass is 31.3. The highest BCUT2D eigenvalue weighted by Gasteiger charge is 2.41. The predicted octanol–water partition coefficient (Wildman–Crippen LogP) is 0.197. The first-order chi connectivity index (χ1) is 14.6. The van der Waals surface area contributed by atoms with Crippen molar-refractivity contribution in [2.75, 3.05) is 13.0 Å². The Morgan fingerprint density at radius 1 is 1.28 bits per heavy atom. The molecule has 2 unspecified atom stereocenters. The van der Waals surface area contributed by atoms with E-state index in [1.165, 1.54) is 13.1 Å². The molecule has 18 nitrogen and oxygen atoms in total. The molecule has 2 rings (SSSR count). The van der Waals surface area contributed by atoms with Crippen molar-refractivity contribution in [2.24, 2.45) is 5.11 Å². The van der Waals surface area contributed by atoms with Crippen molar-refractivity contribution < 1.29 is 51.4 Å². The minimum atomic E-state index is -5.61. The summed E-state index contributed by atoms with van der Waals surface area (Å²) in [4.78, 5) is 63.9. The Morgan fingerprint density at radius 2 is 1.94 bits per heavy atom. The molecule has 1 fully saturated rings. The second kappa shape index (κ2) is 10.1. The van der Waals surface area contributed by atoms with Gasteiger partial charge >= 0.3 is 28.9 Å². The summed E-state index contributed by atoms with van der Waals surface area (Å²) >= 11 is 0. The molecule has 0 bridgehead atoms. The molecular formula is C11H18N5O13P3. The van der Waals surface area contributed by atoms with Gasteiger partial charge in [0.25, 0.3) is 5.56 Å². The van der Waals surface area contributed by atoms with Crippen LogP contribution >= 0.6 is 23.2 Å². The van der Waals surface area contributed by atoms with Crippen LogP contribution in [-0.4, -0.2) is 54.2 Å². The van der Waals surface area contributed by atoms with Gasteiger partial charge in [-0.15, -0.1) is 0 Å². The van der Waals surface area contributed by atoms with Gasteiger partial charge in [-0.2, -0.15) is 4.31 Å². The molecule has 0 aromatic carbocycles. The van der Waals surface area contributed by atoms with Crippen LogP contribution in [0.5, 0.6) is 0 Å². The van der Waals surface area contributed by atoms with Gasteiger partial charge in [0.15, 0.2) is 0 Å². The lowest BCUT2D eigenvalue weighted by Gasteiger charge is -2.19. The number of azide groups is 1. The molecule has 1 saturated heterocycles. The highest BCUT2D eigenvalue weighted by molar-refractivity contribution is 7.68. The average molecular weight is 521 g/mol. The van der Waals surface area contributed by atoms with Crippen LogP contribution in [0.25, 0.3) is 10.4 Å². The number of aromatic nitrogens is 2. The zero-order valence-corrected chi connectivity index (χ0v) is 18.7. The predicted molar refractivity (Wildman–Crippen MR) is 102 cm³/mol. The maximum Gasteiger partial charge on any atom is 0.488 e. The summed E-state index contributed by atoms with van der Waals surface area (Å²) in [6, 6.07) is -0.898. The zero-order chi connectivity index (χ0) is 24.3. The summed E-state index contributed by atoms with van der Waals surface area (Å²) in [5.74, 6) is 0. The van der Waals surface area contributed by atoms with Crippen LogP contribution in [0.4, 0.5) is 0 Å². The molecule has 180 valence electrons. The Kier molecular flexibility index (Phi) is 8.40. The molecule has 0 saturated carbocycles. The fourth-order valence-electron chi connectivity index (χ4n) is 2.64. The van der Waals surface area contributed by atoms with E-state index < -0.39 is 65.8 Å². The maximum atomic E-state index is 12.0. The second-order valence-corrected chi connectivity index (χ2v) is 11.1. The van der Waals surface area contributed by atoms with Gasteiger partial charge in [0.2, 0.25) is 0 Å². The molecule has 1 aromatic rings. The molecule has 0 aliphatic carbocycles. The molecule has 0 spiro atoms. The fraction of sp³-hybridized carbons (Fsp3) is 0.636. The van der Waals surface area contributed by atoms with E-state index in [2.05, 4.69) is 23.6 Å². The largest absolute Gasteiger partial charge is 0.488 e. The lowest BCUT2D eigenvalue weighted by molar-refractivity contribution is -0.0402. The standard InChI is InChI=1S/C11H18N5O13P3/c1-6-3-16(11(18)13-10(6)17)9-2-7(14-15-12)8(27-9)4-26-5-30(19,20)28-32(24,25)29-31(21,22)23/h3,7-9H,2,4-5H2,1H3,(H,19,20)(H,24,25)(H,13,17,18)(H2,21,22,23)/t7-,8+,9+/m0/s1. The lowest BCUT2D eigenvalue weighted by Crippen LogP contribution is -2.33. The first-order valence-electron chi connectivity index (χ1n) is 8.35. The Balaban J connectivity index is 2.04. The van der Waals surface area contributed by atoms with Crippen LogP contribution in [0, 0.1) is 6.92 Å². The van der Waals surface area contributed by atoms with Gasteiger partial charge in [0.05, 0.1) is 18.8 Å². The van der Waals surface area contributed by atoms with E-state index in [9.17, 15) is 28.2 Å². The molecule has 32 heavy (non-hydrogen) atoms. The van der Waals surface area contributed by atoms with Crippen LogP contribution in [-0.2, 0) is 31.8 Å². The summed E-state index contributed by atoms with van der Waals surface area (Å²) in [5.41, 5.74) is 7.54. The summed E-state index contributed by atoms with van der Waals surface area (Å²) in [5, 5.41) is 3.50. The Bertz CT molecular complexity index is 1150.